The minimum absolute atomic E-state index is 0.0572. The van der Waals surface area contributed by atoms with E-state index in [1.54, 1.807) is 18.3 Å². The highest BCUT2D eigenvalue weighted by molar-refractivity contribution is 6.29. The van der Waals surface area contributed by atoms with E-state index in [0.717, 1.165) is 16.7 Å². The Morgan fingerprint density at radius 2 is 1.79 bits per heavy atom. The predicted molar refractivity (Wildman–Crippen MR) is 113 cm³/mol. The molecule has 2 N–H and O–H groups in total. The Hall–Kier alpha value is -2.01. The highest BCUT2D eigenvalue weighted by Gasteiger charge is 2.34. The first-order chi connectivity index (χ1) is 13.2. The Bertz CT molecular complexity index is 876. The van der Waals surface area contributed by atoms with Gasteiger partial charge in [-0.25, -0.2) is 4.98 Å². The third-order valence-corrected chi connectivity index (χ3v) is 5.46. The summed E-state index contributed by atoms with van der Waals surface area (Å²) in [7, 11) is 0. The number of aromatic nitrogens is 1. The van der Waals surface area contributed by atoms with Crippen LogP contribution in [0.2, 0.25) is 5.15 Å². The zero-order chi connectivity index (χ0) is 20.4. The van der Waals surface area contributed by atoms with Gasteiger partial charge >= 0.3 is 0 Å². The van der Waals surface area contributed by atoms with Crippen LogP contribution < -0.4 is 5.73 Å². The molecule has 2 aromatic rings. The number of nitrogens with two attached hydrogens (primary N) is 1. The highest BCUT2D eigenvalue weighted by atomic mass is 35.5. The third kappa shape index (κ3) is 4.69. The van der Waals surface area contributed by atoms with Gasteiger partial charge in [-0.15, -0.1) is 0 Å². The standard InChI is InChI=1S/C23H27ClN2O2/c1-22(2,3)18-6-4-16(5-7-18)19(17-8-11-26-21(24)14-17)15-20(27)23(25)9-12-28-13-10-23/h4-8,11,14-15H,9-10,12-13,25H2,1-3H3/b19-15+. The molecule has 0 saturated carbocycles. The predicted octanol–water partition coefficient (Wildman–Crippen LogP) is 4.54. The quantitative estimate of drug-likeness (QED) is 0.606. The van der Waals surface area contributed by atoms with Crippen molar-refractivity contribution >= 4 is 23.0 Å². The SMILES string of the molecule is CC(C)(C)c1ccc(/C(=C\C(=O)C2(N)CCOCC2)c2ccnc(Cl)c2)cc1. The molecule has 1 fully saturated rings. The van der Waals surface area contributed by atoms with E-state index in [2.05, 4.69) is 37.9 Å². The zero-order valence-electron chi connectivity index (χ0n) is 16.7. The van der Waals surface area contributed by atoms with Gasteiger partial charge in [0.05, 0.1) is 5.54 Å². The summed E-state index contributed by atoms with van der Waals surface area (Å²) in [6, 6.07) is 11.9. The number of pyridine rings is 1. The van der Waals surface area contributed by atoms with Crippen molar-refractivity contribution in [1.29, 1.82) is 0 Å². The maximum Gasteiger partial charge on any atom is 0.176 e. The summed E-state index contributed by atoms with van der Waals surface area (Å²) in [6.45, 7) is 7.54. The van der Waals surface area contributed by atoms with Gasteiger partial charge in [-0.3, -0.25) is 4.79 Å². The van der Waals surface area contributed by atoms with Crippen LogP contribution >= 0.6 is 11.6 Å². The van der Waals surface area contributed by atoms with Crippen molar-refractivity contribution in [2.45, 2.75) is 44.6 Å². The number of rotatable bonds is 4. The highest BCUT2D eigenvalue weighted by Crippen LogP contribution is 2.30. The number of nitrogens with zero attached hydrogens (tertiary/aromatic N) is 1. The molecular formula is C23H27ClN2O2. The van der Waals surface area contributed by atoms with Crippen LogP contribution in [0.15, 0.2) is 48.7 Å². The van der Waals surface area contributed by atoms with Gasteiger partial charge in [0.15, 0.2) is 5.78 Å². The minimum Gasteiger partial charge on any atom is -0.381 e. The molecule has 1 aliphatic rings. The summed E-state index contributed by atoms with van der Waals surface area (Å²) in [6.07, 6.45) is 4.35. The molecule has 0 atom stereocenters. The van der Waals surface area contributed by atoms with Crippen molar-refractivity contribution in [1.82, 2.24) is 4.98 Å². The van der Waals surface area contributed by atoms with Crippen molar-refractivity contribution in [3.8, 4) is 0 Å². The average molecular weight is 399 g/mol. The largest absolute Gasteiger partial charge is 0.381 e. The summed E-state index contributed by atoms with van der Waals surface area (Å²) in [5.41, 5.74) is 9.39. The second-order valence-electron chi connectivity index (χ2n) is 8.39. The molecule has 3 rings (SSSR count). The number of hydrogen-bond acceptors (Lipinski definition) is 4. The number of ether oxygens (including phenoxy) is 1. The first-order valence-corrected chi connectivity index (χ1v) is 9.92. The molecule has 0 radical (unpaired) electrons. The Balaban J connectivity index is 2.04. The Morgan fingerprint density at radius 3 is 2.36 bits per heavy atom. The fourth-order valence-electron chi connectivity index (χ4n) is 3.31. The van der Waals surface area contributed by atoms with E-state index >= 15 is 0 Å². The summed E-state index contributed by atoms with van der Waals surface area (Å²) in [4.78, 5) is 17.1. The van der Waals surface area contributed by atoms with Crippen molar-refractivity contribution in [3.05, 3.63) is 70.5 Å². The van der Waals surface area contributed by atoms with Crippen LogP contribution in [0.1, 0.15) is 50.3 Å². The zero-order valence-corrected chi connectivity index (χ0v) is 17.4. The number of hydrogen-bond donors (Lipinski definition) is 1. The van der Waals surface area contributed by atoms with Gasteiger partial charge in [-0.1, -0.05) is 56.6 Å². The monoisotopic (exact) mass is 398 g/mol. The molecule has 0 bridgehead atoms. The molecular weight excluding hydrogens is 372 g/mol. The number of benzene rings is 1. The van der Waals surface area contributed by atoms with Crippen LogP contribution in [0.5, 0.6) is 0 Å². The van der Waals surface area contributed by atoms with Crippen LogP contribution in [0.4, 0.5) is 0 Å². The fraction of sp³-hybridized carbons (Fsp3) is 0.391. The summed E-state index contributed by atoms with van der Waals surface area (Å²) >= 11 is 6.11. The van der Waals surface area contributed by atoms with Crippen molar-refractivity contribution < 1.29 is 9.53 Å². The third-order valence-electron chi connectivity index (χ3n) is 5.25. The summed E-state index contributed by atoms with van der Waals surface area (Å²) < 4.78 is 5.37. The minimum atomic E-state index is -0.883. The molecule has 0 amide bonds. The van der Waals surface area contributed by atoms with Gasteiger partial charge in [-0.05, 0) is 58.7 Å². The first-order valence-electron chi connectivity index (χ1n) is 9.55. The van der Waals surface area contributed by atoms with Crippen LogP contribution in [-0.2, 0) is 14.9 Å². The maximum absolute atomic E-state index is 13.1. The van der Waals surface area contributed by atoms with Gasteiger partial charge in [0.2, 0.25) is 0 Å². The molecule has 148 valence electrons. The maximum atomic E-state index is 13.1. The molecule has 0 aliphatic carbocycles. The van der Waals surface area contributed by atoms with E-state index < -0.39 is 5.54 Å². The van der Waals surface area contributed by atoms with E-state index in [-0.39, 0.29) is 11.2 Å². The van der Waals surface area contributed by atoms with E-state index in [0.29, 0.717) is 31.2 Å². The lowest BCUT2D eigenvalue weighted by Gasteiger charge is -2.31. The van der Waals surface area contributed by atoms with Crippen molar-refractivity contribution in [2.24, 2.45) is 5.73 Å². The second kappa shape index (κ2) is 8.16. The van der Waals surface area contributed by atoms with Gasteiger partial charge in [-0.2, -0.15) is 0 Å². The Labute approximate surface area is 171 Å². The molecule has 5 heteroatoms. The van der Waals surface area contributed by atoms with Gasteiger partial charge in [0.25, 0.3) is 0 Å². The summed E-state index contributed by atoms with van der Waals surface area (Å²) in [5, 5.41) is 0.385. The van der Waals surface area contributed by atoms with Crippen LogP contribution in [-0.4, -0.2) is 29.5 Å². The number of carbonyl (C=O) groups excluding carboxylic acids is 1. The Morgan fingerprint density at radius 1 is 1.14 bits per heavy atom. The smallest absolute Gasteiger partial charge is 0.176 e. The molecule has 0 unspecified atom stereocenters. The van der Waals surface area contributed by atoms with E-state index in [1.807, 2.05) is 18.2 Å². The van der Waals surface area contributed by atoms with Crippen molar-refractivity contribution in [3.63, 3.8) is 0 Å². The van der Waals surface area contributed by atoms with Gasteiger partial charge in [0, 0.05) is 19.4 Å². The molecule has 0 spiro atoms. The molecule has 2 heterocycles. The van der Waals surface area contributed by atoms with E-state index in [9.17, 15) is 4.79 Å². The molecule has 28 heavy (non-hydrogen) atoms. The molecule has 1 aromatic carbocycles. The van der Waals surface area contributed by atoms with Crippen LogP contribution in [0.25, 0.3) is 5.57 Å². The molecule has 4 nitrogen and oxygen atoms in total. The van der Waals surface area contributed by atoms with E-state index in [4.69, 9.17) is 22.1 Å². The van der Waals surface area contributed by atoms with Crippen LogP contribution in [0.3, 0.4) is 0 Å². The molecule has 1 aliphatic heterocycles. The van der Waals surface area contributed by atoms with Crippen LogP contribution in [0, 0.1) is 0 Å². The lowest BCUT2D eigenvalue weighted by atomic mass is 9.83. The number of carbonyl (C=O) groups is 1. The fourth-order valence-corrected chi connectivity index (χ4v) is 3.48. The van der Waals surface area contributed by atoms with Gasteiger partial charge < -0.3 is 10.5 Å². The normalized spacial score (nSPS) is 17.4. The molecule has 1 saturated heterocycles. The summed E-state index contributed by atoms with van der Waals surface area (Å²) in [5.74, 6) is -0.0846. The Kier molecular flexibility index (Phi) is 6.04. The lowest BCUT2D eigenvalue weighted by Crippen LogP contribution is -2.51. The number of halogens is 1. The number of ketones is 1. The van der Waals surface area contributed by atoms with Crippen molar-refractivity contribution in [2.75, 3.05) is 13.2 Å². The van der Waals surface area contributed by atoms with Gasteiger partial charge in [0.1, 0.15) is 5.15 Å². The second-order valence-corrected chi connectivity index (χ2v) is 8.77. The average Bonchev–Trinajstić information content (AvgIpc) is 2.66. The lowest BCUT2D eigenvalue weighted by molar-refractivity contribution is -0.122. The molecule has 1 aromatic heterocycles. The topological polar surface area (TPSA) is 65.2 Å². The van der Waals surface area contributed by atoms with E-state index in [1.165, 1.54) is 5.56 Å². The first kappa shape index (κ1) is 20.7.